The molecule has 0 spiro atoms. The van der Waals surface area contributed by atoms with Crippen LogP contribution >= 0.6 is 0 Å². The Hall–Kier alpha value is -2.10. The lowest BCUT2D eigenvalue weighted by Gasteiger charge is -2.11. The Morgan fingerprint density at radius 3 is 2.82 bits per heavy atom. The number of hydrogen-bond donors (Lipinski definition) is 1. The van der Waals surface area contributed by atoms with E-state index < -0.39 is 5.97 Å². The zero-order chi connectivity index (χ0) is 12.0. The second kappa shape index (κ2) is 3.45. The van der Waals surface area contributed by atoms with E-state index in [2.05, 4.69) is 0 Å². The third-order valence-corrected chi connectivity index (χ3v) is 3.29. The predicted molar refractivity (Wildman–Crippen MR) is 63.5 cm³/mol. The van der Waals surface area contributed by atoms with Gasteiger partial charge < -0.3 is 9.67 Å². The fourth-order valence-electron chi connectivity index (χ4n) is 2.59. The quantitative estimate of drug-likeness (QED) is 0.808. The molecule has 2 heterocycles. The lowest BCUT2D eigenvalue weighted by atomic mass is 10.1. The van der Waals surface area contributed by atoms with E-state index >= 15 is 0 Å². The van der Waals surface area contributed by atoms with Gasteiger partial charge in [0.05, 0.1) is 5.52 Å². The number of aromatic carboxylic acids is 1. The van der Waals surface area contributed by atoms with Crippen LogP contribution in [0.4, 0.5) is 0 Å². The second-order valence-corrected chi connectivity index (χ2v) is 4.23. The normalized spacial score (nSPS) is 13.9. The van der Waals surface area contributed by atoms with Crippen LogP contribution in [0.25, 0.3) is 10.9 Å². The van der Waals surface area contributed by atoms with Gasteiger partial charge >= 0.3 is 5.97 Å². The van der Waals surface area contributed by atoms with Crippen molar-refractivity contribution < 1.29 is 9.90 Å². The Kier molecular flexibility index (Phi) is 2.04. The molecule has 4 heteroatoms. The minimum absolute atomic E-state index is 0.0544. The summed E-state index contributed by atoms with van der Waals surface area (Å²) in [6, 6.07) is 7.19. The number of nitrogens with zero attached hydrogens (tertiary/aromatic N) is 1. The molecule has 1 aliphatic rings. The van der Waals surface area contributed by atoms with Crippen LogP contribution in [0.3, 0.4) is 0 Å². The molecule has 1 aromatic carbocycles. The molecule has 1 aliphatic heterocycles. The Morgan fingerprint density at radius 1 is 1.29 bits per heavy atom. The van der Waals surface area contributed by atoms with E-state index in [1.54, 1.807) is 12.1 Å². The number of rotatable bonds is 1. The molecule has 0 amide bonds. The van der Waals surface area contributed by atoms with Crippen LogP contribution < -0.4 is 5.43 Å². The number of carboxylic acid groups (broad SMARTS) is 1. The number of carbonyl (C=O) groups is 1. The lowest BCUT2D eigenvalue weighted by Crippen LogP contribution is -2.21. The van der Waals surface area contributed by atoms with Crippen LogP contribution in [-0.2, 0) is 13.0 Å². The van der Waals surface area contributed by atoms with E-state index in [0.717, 1.165) is 18.5 Å². The Bertz CT molecular complexity index is 685. The van der Waals surface area contributed by atoms with E-state index in [-0.39, 0.29) is 11.0 Å². The molecule has 0 atom stereocenters. The molecule has 4 nitrogen and oxygen atoms in total. The fraction of sp³-hybridized carbons (Fsp3) is 0.231. The summed E-state index contributed by atoms with van der Waals surface area (Å²) >= 11 is 0. The van der Waals surface area contributed by atoms with Crippen LogP contribution in [0, 0.1) is 0 Å². The number of carboxylic acids is 1. The molecule has 0 unspecified atom stereocenters. The van der Waals surface area contributed by atoms with Crippen molar-refractivity contribution in [2.24, 2.45) is 0 Å². The number of para-hydroxylation sites is 1. The molecule has 0 radical (unpaired) electrons. The molecule has 3 rings (SSSR count). The third kappa shape index (κ3) is 1.30. The van der Waals surface area contributed by atoms with Crippen molar-refractivity contribution in [3.63, 3.8) is 0 Å². The maximum absolute atomic E-state index is 12.1. The summed E-state index contributed by atoms with van der Waals surface area (Å²) in [4.78, 5) is 23.3. The standard InChI is InChI=1S/C13H11NO3/c15-12-8-4-1-2-5-9(8)14-7-3-6-10(14)11(12)13(16)17/h1-2,4-5H,3,6-7H2,(H,16,17). The molecule has 1 aromatic heterocycles. The highest BCUT2D eigenvalue weighted by Crippen LogP contribution is 2.23. The topological polar surface area (TPSA) is 59.3 Å². The van der Waals surface area contributed by atoms with Crippen LogP contribution in [0.2, 0.25) is 0 Å². The third-order valence-electron chi connectivity index (χ3n) is 3.29. The number of hydrogen-bond acceptors (Lipinski definition) is 2. The fourth-order valence-corrected chi connectivity index (χ4v) is 2.59. The first-order valence-corrected chi connectivity index (χ1v) is 5.58. The van der Waals surface area contributed by atoms with Crippen molar-refractivity contribution in [1.82, 2.24) is 4.57 Å². The summed E-state index contributed by atoms with van der Waals surface area (Å²) in [5.74, 6) is -1.12. The van der Waals surface area contributed by atoms with E-state index in [1.165, 1.54) is 0 Å². The summed E-state index contributed by atoms with van der Waals surface area (Å²) in [6.45, 7) is 0.788. The maximum Gasteiger partial charge on any atom is 0.341 e. The van der Waals surface area contributed by atoms with Gasteiger partial charge in [0.25, 0.3) is 0 Å². The summed E-state index contributed by atoms with van der Waals surface area (Å²) in [5.41, 5.74) is 1.10. The van der Waals surface area contributed by atoms with Crippen LogP contribution in [-0.4, -0.2) is 15.6 Å². The van der Waals surface area contributed by atoms with E-state index in [9.17, 15) is 14.7 Å². The summed E-state index contributed by atoms with van der Waals surface area (Å²) < 4.78 is 1.96. The molecule has 1 N–H and O–H groups in total. The van der Waals surface area contributed by atoms with Gasteiger partial charge in [-0.25, -0.2) is 4.79 Å². The van der Waals surface area contributed by atoms with Crippen molar-refractivity contribution >= 4 is 16.9 Å². The van der Waals surface area contributed by atoms with Crippen molar-refractivity contribution in [1.29, 1.82) is 0 Å². The van der Waals surface area contributed by atoms with Gasteiger partial charge in [0, 0.05) is 17.6 Å². The molecule has 0 saturated heterocycles. The monoisotopic (exact) mass is 229 g/mol. The van der Waals surface area contributed by atoms with Crippen molar-refractivity contribution in [3.05, 3.63) is 45.7 Å². The molecule has 0 fully saturated rings. The Labute approximate surface area is 97.1 Å². The zero-order valence-electron chi connectivity index (χ0n) is 9.14. The molecule has 86 valence electrons. The average molecular weight is 229 g/mol. The van der Waals surface area contributed by atoms with E-state index in [1.807, 2.05) is 16.7 Å². The van der Waals surface area contributed by atoms with Gasteiger partial charge in [-0.05, 0) is 25.0 Å². The highest BCUT2D eigenvalue weighted by atomic mass is 16.4. The highest BCUT2D eigenvalue weighted by Gasteiger charge is 2.24. The first-order chi connectivity index (χ1) is 8.20. The summed E-state index contributed by atoms with van der Waals surface area (Å²) in [7, 11) is 0. The minimum Gasteiger partial charge on any atom is -0.477 e. The summed E-state index contributed by atoms with van der Waals surface area (Å²) in [6.07, 6.45) is 1.56. The molecule has 0 bridgehead atoms. The SMILES string of the molecule is O=C(O)c1c2n(c3ccccc3c1=O)CCC2. The largest absolute Gasteiger partial charge is 0.477 e. The molecule has 0 aliphatic carbocycles. The van der Waals surface area contributed by atoms with Crippen molar-refractivity contribution in [3.8, 4) is 0 Å². The van der Waals surface area contributed by atoms with Crippen molar-refractivity contribution in [2.75, 3.05) is 0 Å². The Balaban J connectivity index is 2.55. The van der Waals surface area contributed by atoms with Gasteiger partial charge in [0.1, 0.15) is 5.56 Å². The van der Waals surface area contributed by atoms with E-state index in [0.29, 0.717) is 17.5 Å². The maximum atomic E-state index is 12.1. The molecular formula is C13H11NO3. The van der Waals surface area contributed by atoms with Crippen LogP contribution in [0.1, 0.15) is 22.5 Å². The number of aromatic nitrogens is 1. The molecule has 17 heavy (non-hydrogen) atoms. The summed E-state index contributed by atoms with van der Waals surface area (Å²) in [5, 5.41) is 9.67. The number of pyridine rings is 1. The van der Waals surface area contributed by atoms with Gasteiger partial charge in [-0.15, -0.1) is 0 Å². The highest BCUT2D eigenvalue weighted by molar-refractivity contribution is 5.94. The Morgan fingerprint density at radius 2 is 2.06 bits per heavy atom. The molecule has 0 saturated carbocycles. The first kappa shape index (κ1) is 10.1. The number of fused-ring (bicyclic) bond motifs is 3. The van der Waals surface area contributed by atoms with Gasteiger partial charge in [-0.2, -0.15) is 0 Å². The van der Waals surface area contributed by atoms with Gasteiger partial charge in [-0.3, -0.25) is 4.79 Å². The molecular weight excluding hydrogens is 218 g/mol. The smallest absolute Gasteiger partial charge is 0.341 e. The minimum atomic E-state index is -1.12. The molecule has 2 aromatic rings. The lowest BCUT2D eigenvalue weighted by molar-refractivity contribution is 0.0694. The number of aryl methyl sites for hydroxylation is 1. The van der Waals surface area contributed by atoms with Gasteiger partial charge in [0.2, 0.25) is 5.43 Å². The first-order valence-electron chi connectivity index (χ1n) is 5.58. The van der Waals surface area contributed by atoms with Crippen LogP contribution in [0.5, 0.6) is 0 Å². The zero-order valence-corrected chi connectivity index (χ0v) is 9.14. The van der Waals surface area contributed by atoms with Gasteiger partial charge in [-0.1, -0.05) is 12.1 Å². The van der Waals surface area contributed by atoms with Crippen molar-refractivity contribution in [2.45, 2.75) is 19.4 Å². The predicted octanol–water partition coefficient (Wildman–Crippen LogP) is 1.65. The number of benzene rings is 1. The average Bonchev–Trinajstić information content (AvgIpc) is 2.78. The van der Waals surface area contributed by atoms with E-state index in [4.69, 9.17) is 0 Å². The second-order valence-electron chi connectivity index (χ2n) is 4.23. The van der Waals surface area contributed by atoms with Gasteiger partial charge in [0.15, 0.2) is 0 Å². The van der Waals surface area contributed by atoms with Crippen LogP contribution in [0.15, 0.2) is 29.1 Å².